The van der Waals surface area contributed by atoms with Gasteiger partial charge in [0.1, 0.15) is 5.82 Å². The van der Waals surface area contributed by atoms with Crippen LogP contribution in [0.2, 0.25) is 0 Å². The molecule has 0 spiro atoms. The number of rotatable bonds is 4. The third kappa shape index (κ3) is 6.01. The van der Waals surface area contributed by atoms with Gasteiger partial charge < -0.3 is 19.3 Å². The van der Waals surface area contributed by atoms with Gasteiger partial charge in [-0.25, -0.2) is 22.2 Å². The van der Waals surface area contributed by atoms with E-state index in [1.165, 1.54) is 0 Å². The zero-order chi connectivity index (χ0) is 28.6. The number of aliphatic hydroxyl groups is 1. The second kappa shape index (κ2) is 11.2. The zero-order valence-electron chi connectivity index (χ0n) is 22.7. The van der Waals surface area contributed by atoms with Crippen LogP contribution in [0.4, 0.5) is 26.0 Å². The van der Waals surface area contributed by atoms with Crippen molar-refractivity contribution in [3.05, 3.63) is 36.5 Å². The highest BCUT2D eigenvalue weighted by atomic mass is 32.2. The summed E-state index contributed by atoms with van der Waals surface area (Å²) in [5.41, 5.74) is 2.35. The predicted octanol–water partition coefficient (Wildman–Crippen LogP) is 4.39. The lowest BCUT2D eigenvalue weighted by Crippen LogP contribution is -2.44. The molecule has 41 heavy (non-hydrogen) atoms. The number of aliphatic hydroxyl groups excluding tert-OH is 1. The van der Waals surface area contributed by atoms with E-state index in [4.69, 9.17) is 9.52 Å². The molecule has 7 rings (SSSR count). The standard InChI is InChI=1S/C28H34F2N6O4S/c29-28(30)9-5-19-7-12-35(13-8-19)24-17-22(34-41(38,39)15-14-37)3-4-23(24)27-33-32-26(40-27)20-6-10-31-25(16-20)36-11-1-2-21(28)18-36/h3-4,6,10,16-17,19,21,34,37H,1-2,5,7-9,11-15,18H2. The molecule has 0 aliphatic carbocycles. The number of alkyl halides is 2. The smallest absolute Gasteiger partial charge is 0.252 e. The minimum atomic E-state index is -3.73. The first-order chi connectivity index (χ1) is 19.7. The maximum absolute atomic E-state index is 15.5. The van der Waals surface area contributed by atoms with Gasteiger partial charge in [0.15, 0.2) is 0 Å². The number of hydrogen-bond donors (Lipinski definition) is 2. The van der Waals surface area contributed by atoms with Crippen LogP contribution in [0, 0.1) is 11.8 Å². The molecule has 0 saturated carbocycles. The number of piperidine rings is 2. The van der Waals surface area contributed by atoms with Crippen LogP contribution >= 0.6 is 0 Å². The summed E-state index contributed by atoms with van der Waals surface area (Å²) in [5.74, 6) is -2.55. The minimum absolute atomic E-state index is 0.127. The van der Waals surface area contributed by atoms with E-state index < -0.39 is 34.2 Å². The number of halogens is 2. The molecule has 1 atom stereocenters. The summed E-state index contributed by atoms with van der Waals surface area (Å²) in [7, 11) is -3.73. The Kier molecular flexibility index (Phi) is 7.58. The Morgan fingerprint density at radius 3 is 2.63 bits per heavy atom. The molecule has 13 heteroatoms. The van der Waals surface area contributed by atoms with Gasteiger partial charge in [0.25, 0.3) is 5.92 Å². The van der Waals surface area contributed by atoms with E-state index in [1.54, 1.807) is 36.5 Å². The number of fused-ring (bicyclic) bond motifs is 4. The summed E-state index contributed by atoms with van der Waals surface area (Å²) in [4.78, 5) is 8.51. The molecular weight excluding hydrogens is 554 g/mol. The van der Waals surface area contributed by atoms with Crippen LogP contribution in [-0.2, 0) is 10.0 Å². The van der Waals surface area contributed by atoms with Crippen LogP contribution in [0.3, 0.4) is 0 Å². The molecule has 4 aliphatic rings. The molecule has 6 heterocycles. The van der Waals surface area contributed by atoms with Crippen molar-refractivity contribution >= 4 is 27.2 Å². The Balaban J connectivity index is 1.40. The Morgan fingerprint density at radius 1 is 1.02 bits per heavy atom. The summed E-state index contributed by atoms with van der Waals surface area (Å²) in [6.45, 7) is 1.68. The lowest BCUT2D eigenvalue weighted by atomic mass is 9.84. The number of hydrogen-bond acceptors (Lipinski definition) is 9. The maximum Gasteiger partial charge on any atom is 0.252 e. The van der Waals surface area contributed by atoms with Crippen LogP contribution in [0.5, 0.6) is 0 Å². The highest BCUT2D eigenvalue weighted by Gasteiger charge is 2.42. The van der Waals surface area contributed by atoms with Gasteiger partial charge in [-0.2, -0.15) is 0 Å². The molecule has 2 fully saturated rings. The fraction of sp³-hybridized carbons (Fsp3) is 0.536. The van der Waals surface area contributed by atoms with E-state index in [9.17, 15) is 8.42 Å². The van der Waals surface area contributed by atoms with Gasteiger partial charge in [0, 0.05) is 50.3 Å². The quantitative estimate of drug-likeness (QED) is 0.456. The van der Waals surface area contributed by atoms with Crippen LogP contribution in [-0.4, -0.2) is 73.2 Å². The van der Waals surface area contributed by atoms with Crippen LogP contribution in [0.25, 0.3) is 22.9 Å². The fourth-order valence-electron chi connectivity index (χ4n) is 6.15. The average molecular weight is 589 g/mol. The second-order valence-electron chi connectivity index (χ2n) is 11.2. The maximum atomic E-state index is 15.5. The van der Waals surface area contributed by atoms with Gasteiger partial charge in [-0.3, -0.25) is 4.72 Å². The molecule has 2 saturated heterocycles. The fourth-order valence-corrected chi connectivity index (χ4v) is 6.98. The van der Waals surface area contributed by atoms with E-state index in [-0.39, 0.29) is 24.8 Å². The molecule has 0 amide bonds. The topological polar surface area (TPSA) is 125 Å². The van der Waals surface area contributed by atoms with Crippen molar-refractivity contribution in [3.8, 4) is 22.9 Å². The number of nitrogens with zero attached hydrogens (tertiary/aromatic N) is 5. The molecule has 10 nitrogen and oxygen atoms in total. The van der Waals surface area contributed by atoms with Gasteiger partial charge >= 0.3 is 0 Å². The SMILES string of the molecule is O=S(=O)(CCO)Nc1ccc2c(c1)N1CCC(CC1)CCC(F)(F)C1CCCN(C1)c1cc(ccn1)-c1nnc-2o1. The monoisotopic (exact) mass is 588 g/mol. The molecule has 8 bridgehead atoms. The van der Waals surface area contributed by atoms with Gasteiger partial charge in [0.05, 0.1) is 29.3 Å². The molecule has 4 aliphatic heterocycles. The highest BCUT2D eigenvalue weighted by Crippen LogP contribution is 2.41. The Hall–Kier alpha value is -3.32. The first-order valence-corrected chi connectivity index (χ1v) is 15.8. The van der Waals surface area contributed by atoms with Crippen molar-refractivity contribution in [2.75, 3.05) is 53.1 Å². The van der Waals surface area contributed by atoms with Gasteiger partial charge in [-0.15, -0.1) is 10.2 Å². The molecule has 2 N–H and O–H groups in total. The molecule has 0 radical (unpaired) electrons. The summed E-state index contributed by atoms with van der Waals surface area (Å²) < 4.78 is 64.3. The Morgan fingerprint density at radius 2 is 1.83 bits per heavy atom. The third-order valence-electron chi connectivity index (χ3n) is 8.46. The van der Waals surface area contributed by atoms with Crippen molar-refractivity contribution in [3.63, 3.8) is 0 Å². The minimum Gasteiger partial charge on any atom is -0.416 e. The van der Waals surface area contributed by atoms with Crippen LogP contribution in [0.15, 0.2) is 40.9 Å². The third-order valence-corrected chi connectivity index (χ3v) is 9.73. The molecule has 2 aromatic heterocycles. The Bertz CT molecular complexity index is 1490. The van der Waals surface area contributed by atoms with Crippen LogP contribution < -0.4 is 14.5 Å². The van der Waals surface area contributed by atoms with Crippen molar-refractivity contribution in [2.24, 2.45) is 11.8 Å². The normalized spacial score (nSPS) is 21.2. The lowest BCUT2D eigenvalue weighted by Gasteiger charge is -2.39. The second-order valence-corrected chi connectivity index (χ2v) is 13.0. The summed E-state index contributed by atoms with van der Waals surface area (Å²) in [5, 5.41) is 17.7. The number of pyridine rings is 1. The van der Waals surface area contributed by atoms with Crippen molar-refractivity contribution < 1.29 is 26.7 Å². The summed E-state index contributed by atoms with van der Waals surface area (Å²) in [6.07, 6.45) is 4.63. The van der Waals surface area contributed by atoms with Crippen molar-refractivity contribution in [1.82, 2.24) is 15.2 Å². The first kappa shape index (κ1) is 27.8. The largest absolute Gasteiger partial charge is 0.416 e. The molecule has 220 valence electrons. The number of nitrogens with one attached hydrogen (secondary N) is 1. The van der Waals surface area contributed by atoms with Crippen molar-refractivity contribution in [2.45, 2.75) is 44.4 Å². The van der Waals surface area contributed by atoms with Gasteiger partial charge in [-0.1, -0.05) is 0 Å². The average Bonchev–Trinajstić information content (AvgIpc) is 3.46. The first-order valence-electron chi connectivity index (χ1n) is 14.1. The van der Waals surface area contributed by atoms with Gasteiger partial charge in [-0.05, 0) is 68.4 Å². The summed E-state index contributed by atoms with van der Waals surface area (Å²) in [6, 6.07) is 8.63. The van der Waals surface area contributed by atoms with E-state index in [2.05, 4.69) is 24.8 Å². The van der Waals surface area contributed by atoms with E-state index in [1.807, 2.05) is 4.90 Å². The lowest BCUT2D eigenvalue weighted by molar-refractivity contribution is -0.0737. The summed E-state index contributed by atoms with van der Waals surface area (Å²) >= 11 is 0. The highest BCUT2D eigenvalue weighted by molar-refractivity contribution is 7.92. The molecule has 3 aromatic rings. The van der Waals surface area contributed by atoms with E-state index in [0.29, 0.717) is 73.1 Å². The number of sulfonamides is 1. The Labute approximate surface area is 237 Å². The van der Waals surface area contributed by atoms with Crippen molar-refractivity contribution in [1.29, 1.82) is 0 Å². The molecular formula is C28H34F2N6O4S. The van der Waals surface area contributed by atoms with Crippen LogP contribution in [0.1, 0.15) is 38.5 Å². The number of benzene rings is 1. The molecule has 1 aromatic carbocycles. The number of anilines is 3. The van der Waals surface area contributed by atoms with Gasteiger partial charge in [0.2, 0.25) is 21.8 Å². The molecule has 1 unspecified atom stereocenters. The predicted molar refractivity (Wildman–Crippen MR) is 152 cm³/mol. The van der Waals surface area contributed by atoms with E-state index >= 15 is 8.78 Å². The van der Waals surface area contributed by atoms with E-state index in [0.717, 1.165) is 12.8 Å². The number of aromatic nitrogens is 3. The zero-order valence-corrected chi connectivity index (χ0v) is 23.5.